The lowest BCUT2D eigenvalue weighted by Gasteiger charge is -2.30. The zero-order chi connectivity index (χ0) is 18.8. The SMILES string of the molecule is Cc1cc(C(F)(F)F)nn1C1CCC(CNC(=O)OC(C)(C)C)CC1. The molecule has 1 heterocycles. The molecule has 1 N–H and O–H groups in total. The molecule has 0 unspecified atom stereocenters. The standard InChI is InChI=1S/C17H26F3N3O2/c1-11-9-14(17(18,19)20)22-23(11)13-7-5-12(6-8-13)10-21-15(24)25-16(2,3)4/h9,12-13H,5-8,10H2,1-4H3,(H,21,24). The smallest absolute Gasteiger partial charge is 0.435 e. The Balaban J connectivity index is 1.84. The number of nitrogens with zero attached hydrogens (tertiary/aromatic N) is 2. The number of halogens is 3. The predicted octanol–water partition coefficient (Wildman–Crippen LogP) is 4.47. The molecule has 0 spiro atoms. The van der Waals surface area contributed by atoms with Crippen LogP contribution >= 0.6 is 0 Å². The number of carbonyl (C=O) groups excluding carboxylic acids is 1. The van der Waals surface area contributed by atoms with Gasteiger partial charge in [-0.3, -0.25) is 4.68 Å². The Hall–Kier alpha value is -1.73. The number of nitrogens with one attached hydrogen (secondary N) is 1. The van der Waals surface area contributed by atoms with Gasteiger partial charge in [0.2, 0.25) is 0 Å². The second-order valence-electron chi connectivity index (χ2n) is 7.67. The van der Waals surface area contributed by atoms with Gasteiger partial charge in [0.05, 0.1) is 6.04 Å². The molecule has 1 amide bonds. The van der Waals surface area contributed by atoms with Crippen LogP contribution in [-0.4, -0.2) is 28.0 Å². The summed E-state index contributed by atoms with van der Waals surface area (Å²) >= 11 is 0. The lowest BCUT2D eigenvalue weighted by Crippen LogP contribution is -2.36. The average molecular weight is 361 g/mol. The van der Waals surface area contributed by atoms with E-state index in [-0.39, 0.29) is 6.04 Å². The predicted molar refractivity (Wildman–Crippen MR) is 87.2 cm³/mol. The highest BCUT2D eigenvalue weighted by atomic mass is 19.4. The number of aryl methyl sites for hydroxylation is 1. The van der Waals surface area contributed by atoms with Gasteiger partial charge in [-0.05, 0) is 65.4 Å². The molecule has 1 saturated carbocycles. The number of amides is 1. The molecule has 0 saturated heterocycles. The van der Waals surface area contributed by atoms with Gasteiger partial charge in [0.15, 0.2) is 5.69 Å². The average Bonchev–Trinajstić information content (AvgIpc) is 2.86. The molecule has 1 fully saturated rings. The third-order valence-electron chi connectivity index (χ3n) is 4.31. The lowest BCUT2D eigenvalue weighted by atomic mass is 9.86. The van der Waals surface area contributed by atoms with Crippen molar-refractivity contribution in [3.05, 3.63) is 17.5 Å². The summed E-state index contributed by atoms with van der Waals surface area (Å²) < 4.78 is 45.0. The molecule has 1 aliphatic rings. The fraction of sp³-hybridized carbons (Fsp3) is 0.765. The van der Waals surface area contributed by atoms with Gasteiger partial charge >= 0.3 is 12.3 Å². The van der Waals surface area contributed by atoms with Gasteiger partial charge in [0, 0.05) is 12.2 Å². The van der Waals surface area contributed by atoms with Crippen LogP contribution < -0.4 is 5.32 Å². The second-order valence-corrected chi connectivity index (χ2v) is 7.67. The number of ether oxygens (including phenoxy) is 1. The van der Waals surface area contributed by atoms with E-state index >= 15 is 0 Å². The lowest BCUT2D eigenvalue weighted by molar-refractivity contribution is -0.141. The van der Waals surface area contributed by atoms with Gasteiger partial charge in [0.1, 0.15) is 5.60 Å². The molecular formula is C17H26F3N3O2. The first-order valence-electron chi connectivity index (χ1n) is 8.56. The minimum absolute atomic E-state index is 0.0196. The highest BCUT2D eigenvalue weighted by Gasteiger charge is 2.35. The number of alkyl carbamates (subject to hydrolysis) is 1. The summed E-state index contributed by atoms with van der Waals surface area (Å²) in [6.07, 6.45) is -1.68. The van der Waals surface area contributed by atoms with Crippen LogP contribution in [0.25, 0.3) is 0 Å². The van der Waals surface area contributed by atoms with Gasteiger partial charge in [-0.15, -0.1) is 0 Å². The molecule has 1 aromatic rings. The maximum atomic E-state index is 12.8. The van der Waals surface area contributed by atoms with E-state index in [0.717, 1.165) is 31.7 Å². The minimum Gasteiger partial charge on any atom is -0.444 e. The van der Waals surface area contributed by atoms with Crippen LogP contribution in [0.15, 0.2) is 6.07 Å². The number of aromatic nitrogens is 2. The summed E-state index contributed by atoms with van der Waals surface area (Å²) in [6, 6.07) is 1.07. The van der Waals surface area contributed by atoms with Crippen molar-refractivity contribution in [2.45, 2.75) is 71.2 Å². The second kappa shape index (κ2) is 7.25. The monoisotopic (exact) mass is 361 g/mol. The summed E-state index contributed by atoms with van der Waals surface area (Å²) in [5, 5.41) is 6.51. The first-order valence-corrected chi connectivity index (χ1v) is 8.56. The zero-order valence-electron chi connectivity index (χ0n) is 15.1. The van der Waals surface area contributed by atoms with Crippen molar-refractivity contribution >= 4 is 6.09 Å². The van der Waals surface area contributed by atoms with Crippen molar-refractivity contribution in [1.29, 1.82) is 0 Å². The number of hydrogen-bond acceptors (Lipinski definition) is 3. The van der Waals surface area contributed by atoms with Crippen molar-refractivity contribution in [1.82, 2.24) is 15.1 Å². The molecule has 8 heteroatoms. The van der Waals surface area contributed by atoms with E-state index in [0.29, 0.717) is 18.2 Å². The molecule has 0 bridgehead atoms. The maximum Gasteiger partial charge on any atom is 0.435 e. The highest BCUT2D eigenvalue weighted by Crippen LogP contribution is 2.35. The highest BCUT2D eigenvalue weighted by molar-refractivity contribution is 5.67. The van der Waals surface area contributed by atoms with E-state index in [1.54, 1.807) is 27.7 Å². The van der Waals surface area contributed by atoms with Gasteiger partial charge in [0.25, 0.3) is 0 Å². The number of rotatable bonds is 3. The number of hydrogen-bond donors (Lipinski definition) is 1. The fourth-order valence-corrected chi connectivity index (χ4v) is 3.13. The molecule has 2 rings (SSSR count). The molecule has 0 radical (unpaired) electrons. The normalized spacial score (nSPS) is 21.9. The quantitative estimate of drug-likeness (QED) is 0.864. The first kappa shape index (κ1) is 19.6. The first-order chi connectivity index (χ1) is 11.5. The Morgan fingerprint density at radius 2 is 1.88 bits per heavy atom. The van der Waals surface area contributed by atoms with E-state index < -0.39 is 23.6 Å². The molecule has 0 atom stereocenters. The number of alkyl halides is 3. The Morgan fingerprint density at radius 1 is 1.28 bits per heavy atom. The van der Waals surface area contributed by atoms with Gasteiger partial charge < -0.3 is 10.1 Å². The Kier molecular flexibility index (Phi) is 5.68. The fourth-order valence-electron chi connectivity index (χ4n) is 3.13. The Labute approximate surface area is 145 Å². The van der Waals surface area contributed by atoms with Crippen molar-refractivity contribution in [2.75, 3.05) is 6.54 Å². The maximum absolute atomic E-state index is 12.8. The van der Waals surface area contributed by atoms with Gasteiger partial charge in [-0.2, -0.15) is 18.3 Å². The van der Waals surface area contributed by atoms with E-state index in [1.165, 1.54) is 4.68 Å². The molecule has 0 aliphatic heterocycles. The molecule has 5 nitrogen and oxygen atoms in total. The van der Waals surface area contributed by atoms with E-state index in [2.05, 4.69) is 10.4 Å². The largest absolute Gasteiger partial charge is 0.444 e. The summed E-state index contributed by atoms with van der Waals surface area (Å²) in [6.45, 7) is 7.59. The van der Waals surface area contributed by atoms with Crippen molar-refractivity contribution in [3.63, 3.8) is 0 Å². The van der Waals surface area contributed by atoms with Crippen LogP contribution in [-0.2, 0) is 10.9 Å². The van der Waals surface area contributed by atoms with Crippen LogP contribution in [0.4, 0.5) is 18.0 Å². The van der Waals surface area contributed by atoms with Crippen molar-refractivity contribution < 1.29 is 22.7 Å². The van der Waals surface area contributed by atoms with Crippen LogP contribution in [0, 0.1) is 12.8 Å². The van der Waals surface area contributed by atoms with E-state index in [1.807, 2.05) is 0 Å². The summed E-state index contributed by atoms with van der Waals surface area (Å²) in [7, 11) is 0. The van der Waals surface area contributed by atoms with Gasteiger partial charge in [-0.1, -0.05) is 0 Å². The molecule has 142 valence electrons. The third kappa shape index (κ3) is 5.64. The zero-order valence-corrected chi connectivity index (χ0v) is 15.1. The van der Waals surface area contributed by atoms with E-state index in [9.17, 15) is 18.0 Å². The molecule has 1 aliphatic carbocycles. The third-order valence-corrected chi connectivity index (χ3v) is 4.31. The van der Waals surface area contributed by atoms with Gasteiger partial charge in [-0.25, -0.2) is 4.79 Å². The Morgan fingerprint density at radius 3 is 2.36 bits per heavy atom. The topological polar surface area (TPSA) is 56.2 Å². The minimum atomic E-state index is -4.41. The van der Waals surface area contributed by atoms with Crippen LogP contribution in [0.3, 0.4) is 0 Å². The van der Waals surface area contributed by atoms with Crippen LogP contribution in [0.5, 0.6) is 0 Å². The molecule has 1 aromatic heterocycles. The number of carbonyl (C=O) groups is 1. The molecular weight excluding hydrogens is 335 g/mol. The van der Waals surface area contributed by atoms with E-state index in [4.69, 9.17) is 4.74 Å². The van der Waals surface area contributed by atoms with Crippen LogP contribution in [0.1, 0.15) is 63.9 Å². The van der Waals surface area contributed by atoms with Crippen LogP contribution in [0.2, 0.25) is 0 Å². The summed E-state index contributed by atoms with van der Waals surface area (Å²) in [5.41, 5.74) is -0.836. The molecule has 0 aromatic carbocycles. The summed E-state index contributed by atoms with van der Waals surface area (Å²) in [4.78, 5) is 11.7. The van der Waals surface area contributed by atoms with Crippen molar-refractivity contribution in [2.24, 2.45) is 5.92 Å². The Bertz CT molecular complexity index is 597. The summed E-state index contributed by atoms with van der Waals surface area (Å²) in [5.74, 6) is 0.307. The van der Waals surface area contributed by atoms with Crippen molar-refractivity contribution in [3.8, 4) is 0 Å². The molecule has 25 heavy (non-hydrogen) atoms.